The van der Waals surface area contributed by atoms with E-state index < -0.39 is 5.97 Å². The van der Waals surface area contributed by atoms with Crippen LogP contribution in [0.5, 0.6) is 0 Å². The minimum absolute atomic E-state index is 0.132. The number of benzene rings is 1. The summed E-state index contributed by atoms with van der Waals surface area (Å²) in [5.41, 5.74) is 1.21. The maximum absolute atomic E-state index is 10.9. The van der Waals surface area contributed by atoms with Crippen molar-refractivity contribution in [1.82, 2.24) is 5.32 Å². The predicted molar refractivity (Wildman–Crippen MR) is 62.1 cm³/mol. The molecule has 0 amide bonds. The standard InChI is InChI=1S/C13H17NO2/c1-9(10-5-3-2-4-6-10)14-12-8-7-11(12)13(15)16/h2-6,9,11-12,14H,7-8H2,1H3,(H,15,16)/t9-,11-,12+/m0/s1. The molecule has 2 rings (SSSR count). The van der Waals surface area contributed by atoms with E-state index in [1.54, 1.807) is 0 Å². The summed E-state index contributed by atoms with van der Waals surface area (Å²) in [6, 6.07) is 10.5. The Hall–Kier alpha value is -1.35. The zero-order chi connectivity index (χ0) is 11.5. The molecule has 86 valence electrons. The lowest BCUT2D eigenvalue weighted by Crippen LogP contribution is -2.48. The van der Waals surface area contributed by atoms with Crippen molar-refractivity contribution in [3.05, 3.63) is 35.9 Å². The molecule has 3 heteroatoms. The molecule has 0 saturated heterocycles. The average Bonchev–Trinajstić information content (AvgIpc) is 2.24. The highest BCUT2D eigenvalue weighted by molar-refractivity contribution is 5.72. The maximum atomic E-state index is 10.9. The minimum atomic E-state index is -0.677. The third-order valence-corrected chi connectivity index (χ3v) is 3.36. The molecule has 0 aliphatic heterocycles. The second-order valence-corrected chi connectivity index (χ2v) is 4.43. The van der Waals surface area contributed by atoms with Crippen LogP contribution in [0.1, 0.15) is 31.4 Å². The van der Waals surface area contributed by atoms with Gasteiger partial charge in [0.1, 0.15) is 0 Å². The molecule has 0 bridgehead atoms. The molecule has 0 heterocycles. The van der Waals surface area contributed by atoms with E-state index in [2.05, 4.69) is 24.4 Å². The second kappa shape index (κ2) is 4.66. The van der Waals surface area contributed by atoms with E-state index in [1.807, 2.05) is 18.2 Å². The van der Waals surface area contributed by atoms with E-state index in [0.29, 0.717) is 0 Å². The van der Waals surface area contributed by atoms with Gasteiger partial charge in [-0.2, -0.15) is 0 Å². The summed E-state index contributed by atoms with van der Waals surface area (Å²) in [5.74, 6) is -0.879. The van der Waals surface area contributed by atoms with Gasteiger partial charge in [-0.3, -0.25) is 4.79 Å². The van der Waals surface area contributed by atoms with Gasteiger partial charge in [-0.15, -0.1) is 0 Å². The minimum Gasteiger partial charge on any atom is -0.481 e. The van der Waals surface area contributed by atoms with Gasteiger partial charge in [-0.1, -0.05) is 30.3 Å². The molecule has 1 aromatic rings. The first-order valence-corrected chi connectivity index (χ1v) is 5.72. The van der Waals surface area contributed by atoms with Gasteiger partial charge >= 0.3 is 5.97 Å². The Bertz CT molecular complexity index is 363. The van der Waals surface area contributed by atoms with Crippen molar-refractivity contribution in [1.29, 1.82) is 0 Å². The van der Waals surface area contributed by atoms with Crippen LogP contribution in [0.4, 0.5) is 0 Å². The molecule has 1 aliphatic carbocycles. The average molecular weight is 219 g/mol. The van der Waals surface area contributed by atoms with Crippen molar-refractivity contribution in [2.75, 3.05) is 0 Å². The molecule has 1 saturated carbocycles. The largest absolute Gasteiger partial charge is 0.481 e. The topological polar surface area (TPSA) is 49.3 Å². The molecule has 0 unspecified atom stereocenters. The zero-order valence-electron chi connectivity index (χ0n) is 9.39. The van der Waals surface area contributed by atoms with Gasteiger partial charge < -0.3 is 10.4 Å². The SMILES string of the molecule is C[C@H](N[C@@H]1CC[C@@H]1C(=O)O)c1ccccc1. The lowest BCUT2D eigenvalue weighted by atomic mass is 9.79. The van der Waals surface area contributed by atoms with Gasteiger partial charge in [0, 0.05) is 12.1 Å². The molecular weight excluding hydrogens is 202 g/mol. The van der Waals surface area contributed by atoms with Crippen molar-refractivity contribution < 1.29 is 9.90 Å². The van der Waals surface area contributed by atoms with Gasteiger partial charge in [0.05, 0.1) is 5.92 Å². The zero-order valence-corrected chi connectivity index (χ0v) is 9.39. The van der Waals surface area contributed by atoms with E-state index in [1.165, 1.54) is 5.56 Å². The Kier molecular flexibility index (Phi) is 3.25. The molecule has 3 atom stereocenters. The van der Waals surface area contributed by atoms with E-state index in [9.17, 15) is 4.79 Å². The van der Waals surface area contributed by atoms with E-state index in [4.69, 9.17) is 5.11 Å². The fourth-order valence-corrected chi connectivity index (χ4v) is 2.15. The number of nitrogens with one attached hydrogen (secondary N) is 1. The fraction of sp³-hybridized carbons (Fsp3) is 0.462. The van der Waals surface area contributed by atoms with Gasteiger partial charge in [0.15, 0.2) is 0 Å². The smallest absolute Gasteiger partial charge is 0.308 e. The lowest BCUT2D eigenvalue weighted by molar-refractivity contribution is -0.146. The number of carboxylic acids is 1. The number of carboxylic acid groups (broad SMARTS) is 1. The van der Waals surface area contributed by atoms with Crippen LogP contribution in [0.15, 0.2) is 30.3 Å². The highest BCUT2D eigenvalue weighted by Gasteiger charge is 2.36. The number of aliphatic carboxylic acids is 1. The van der Waals surface area contributed by atoms with Crippen LogP contribution >= 0.6 is 0 Å². The van der Waals surface area contributed by atoms with Crippen molar-refractivity contribution in [2.24, 2.45) is 5.92 Å². The van der Waals surface area contributed by atoms with E-state index in [-0.39, 0.29) is 18.0 Å². The molecule has 0 aromatic heterocycles. The maximum Gasteiger partial charge on any atom is 0.308 e. The Morgan fingerprint density at radius 2 is 2.06 bits per heavy atom. The van der Waals surface area contributed by atoms with E-state index in [0.717, 1.165) is 12.8 Å². The van der Waals surface area contributed by atoms with Crippen molar-refractivity contribution in [2.45, 2.75) is 31.8 Å². The number of hydrogen-bond donors (Lipinski definition) is 2. The summed E-state index contributed by atoms with van der Waals surface area (Å²) in [6.45, 7) is 2.08. The van der Waals surface area contributed by atoms with Gasteiger partial charge in [-0.25, -0.2) is 0 Å². The van der Waals surface area contributed by atoms with Crippen LogP contribution in [0.2, 0.25) is 0 Å². The quantitative estimate of drug-likeness (QED) is 0.816. The summed E-state index contributed by atoms with van der Waals surface area (Å²) in [5, 5.41) is 12.3. The summed E-state index contributed by atoms with van der Waals surface area (Å²) in [7, 11) is 0. The first-order valence-electron chi connectivity index (χ1n) is 5.72. The van der Waals surface area contributed by atoms with Crippen LogP contribution in [0.3, 0.4) is 0 Å². The summed E-state index contributed by atoms with van der Waals surface area (Å²) in [6.07, 6.45) is 1.77. The van der Waals surface area contributed by atoms with Crippen LogP contribution in [0.25, 0.3) is 0 Å². The third-order valence-electron chi connectivity index (χ3n) is 3.36. The number of rotatable bonds is 4. The molecular formula is C13H17NO2. The first-order chi connectivity index (χ1) is 7.68. The van der Waals surface area contributed by atoms with Crippen LogP contribution in [-0.2, 0) is 4.79 Å². The second-order valence-electron chi connectivity index (χ2n) is 4.43. The van der Waals surface area contributed by atoms with Crippen molar-refractivity contribution in [3.8, 4) is 0 Å². The lowest BCUT2D eigenvalue weighted by Gasteiger charge is -2.36. The molecule has 1 aliphatic rings. The summed E-state index contributed by atoms with van der Waals surface area (Å²) >= 11 is 0. The molecule has 0 spiro atoms. The molecule has 2 N–H and O–H groups in total. The van der Waals surface area contributed by atoms with Gasteiger partial charge in [0.2, 0.25) is 0 Å². The Labute approximate surface area is 95.5 Å². The van der Waals surface area contributed by atoms with Gasteiger partial charge in [0.25, 0.3) is 0 Å². The van der Waals surface area contributed by atoms with Crippen LogP contribution in [0, 0.1) is 5.92 Å². The monoisotopic (exact) mass is 219 g/mol. The molecule has 1 fully saturated rings. The highest BCUT2D eigenvalue weighted by atomic mass is 16.4. The summed E-state index contributed by atoms with van der Waals surface area (Å²) < 4.78 is 0. The van der Waals surface area contributed by atoms with E-state index >= 15 is 0 Å². The van der Waals surface area contributed by atoms with Gasteiger partial charge in [-0.05, 0) is 25.3 Å². The number of carbonyl (C=O) groups is 1. The predicted octanol–water partition coefficient (Wildman–Crippen LogP) is 2.20. The van der Waals surface area contributed by atoms with Crippen molar-refractivity contribution >= 4 is 5.97 Å². The summed E-state index contributed by atoms with van der Waals surface area (Å²) in [4.78, 5) is 10.9. The van der Waals surface area contributed by atoms with Crippen molar-refractivity contribution in [3.63, 3.8) is 0 Å². The Balaban J connectivity index is 1.93. The number of hydrogen-bond acceptors (Lipinski definition) is 2. The molecule has 0 radical (unpaired) electrons. The van der Waals surface area contributed by atoms with Crippen LogP contribution < -0.4 is 5.32 Å². The molecule has 3 nitrogen and oxygen atoms in total. The first kappa shape index (κ1) is 11.1. The normalized spacial score (nSPS) is 25.8. The fourth-order valence-electron chi connectivity index (χ4n) is 2.15. The molecule has 16 heavy (non-hydrogen) atoms. The Morgan fingerprint density at radius 1 is 1.38 bits per heavy atom. The highest BCUT2D eigenvalue weighted by Crippen LogP contribution is 2.29. The van der Waals surface area contributed by atoms with Crippen LogP contribution in [-0.4, -0.2) is 17.1 Å². The third kappa shape index (κ3) is 2.25. The Morgan fingerprint density at radius 3 is 2.56 bits per heavy atom. The molecule has 1 aromatic carbocycles.